The van der Waals surface area contributed by atoms with Gasteiger partial charge in [-0.2, -0.15) is 5.26 Å². The van der Waals surface area contributed by atoms with E-state index in [-0.39, 0.29) is 29.7 Å². The van der Waals surface area contributed by atoms with E-state index in [1.54, 1.807) is 23.9 Å². The van der Waals surface area contributed by atoms with Crippen molar-refractivity contribution in [3.8, 4) is 23.5 Å². The topological polar surface area (TPSA) is 89.4 Å². The predicted molar refractivity (Wildman–Crippen MR) is 96.2 cm³/mol. The minimum absolute atomic E-state index is 0.201. The van der Waals surface area contributed by atoms with E-state index in [4.69, 9.17) is 13.9 Å². The number of hydrogen-bond donors (Lipinski definition) is 1. The summed E-state index contributed by atoms with van der Waals surface area (Å²) in [4.78, 5) is 12.7. The van der Waals surface area contributed by atoms with Crippen molar-refractivity contribution in [3.63, 3.8) is 0 Å². The van der Waals surface area contributed by atoms with E-state index in [1.807, 2.05) is 36.4 Å². The number of nitrogens with zero attached hydrogens (tertiary/aromatic N) is 2. The number of nitrogens with one attached hydrogen (secondary N) is 1. The number of fused-ring (bicyclic) bond motifs is 1. The number of para-hydroxylation sites is 2. The molecule has 1 aliphatic rings. The molecule has 7 heteroatoms. The molecule has 1 N–H and O–H groups in total. The van der Waals surface area contributed by atoms with E-state index >= 15 is 0 Å². The molecule has 1 atom stereocenters. The average Bonchev–Trinajstić information content (AvgIpc) is 3.33. The molecule has 1 unspecified atom stereocenters. The Morgan fingerprint density at radius 1 is 1.26 bits per heavy atom. The Kier molecular flexibility index (Phi) is 4.30. The SMILES string of the molecule is Cc1oc(-n2cccc2)c(C#N)c1C(=O)NCC1COc2ccccc2O1. The van der Waals surface area contributed by atoms with Crippen LogP contribution in [0.4, 0.5) is 0 Å². The van der Waals surface area contributed by atoms with Gasteiger partial charge >= 0.3 is 0 Å². The summed E-state index contributed by atoms with van der Waals surface area (Å²) in [6.07, 6.45) is 3.20. The van der Waals surface area contributed by atoms with Gasteiger partial charge in [0.25, 0.3) is 5.91 Å². The molecule has 2 aromatic heterocycles. The van der Waals surface area contributed by atoms with Crippen molar-refractivity contribution in [1.82, 2.24) is 9.88 Å². The zero-order valence-corrected chi connectivity index (χ0v) is 14.6. The molecular weight excluding hydrogens is 346 g/mol. The maximum Gasteiger partial charge on any atom is 0.256 e. The molecule has 0 saturated heterocycles. The zero-order valence-electron chi connectivity index (χ0n) is 14.6. The lowest BCUT2D eigenvalue weighted by molar-refractivity contribution is 0.0788. The van der Waals surface area contributed by atoms with Crippen LogP contribution in [0, 0.1) is 18.3 Å². The van der Waals surface area contributed by atoms with Gasteiger partial charge in [-0.25, -0.2) is 0 Å². The minimum Gasteiger partial charge on any atom is -0.486 e. The van der Waals surface area contributed by atoms with Crippen LogP contribution in [0.25, 0.3) is 5.88 Å². The second-order valence-electron chi connectivity index (χ2n) is 6.12. The first-order valence-corrected chi connectivity index (χ1v) is 8.51. The third kappa shape index (κ3) is 3.13. The lowest BCUT2D eigenvalue weighted by atomic mass is 10.1. The predicted octanol–water partition coefficient (Wildman–Crippen LogP) is 2.82. The van der Waals surface area contributed by atoms with E-state index in [9.17, 15) is 10.1 Å². The molecule has 7 nitrogen and oxygen atoms in total. The molecule has 0 spiro atoms. The Labute approximate surface area is 155 Å². The first-order valence-electron chi connectivity index (χ1n) is 8.51. The van der Waals surface area contributed by atoms with Crippen molar-refractivity contribution in [2.24, 2.45) is 0 Å². The summed E-state index contributed by atoms with van der Waals surface area (Å²) in [5.74, 6) is 1.67. The van der Waals surface area contributed by atoms with E-state index in [2.05, 4.69) is 11.4 Å². The number of carbonyl (C=O) groups is 1. The number of aromatic nitrogens is 1. The normalized spacial score (nSPS) is 15.2. The number of ether oxygens (including phenoxy) is 2. The van der Waals surface area contributed by atoms with Crippen molar-refractivity contribution < 1.29 is 18.7 Å². The molecule has 0 fully saturated rings. The van der Waals surface area contributed by atoms with Gasteiger partial charge in [0, 0.05) is 12.4 Å². The average molecular weight is 363 g/mol. The molecule has 3 aromatic rings. The molecular formula is C20H17N3O4. The number of benzene rings is 1. The molecule has 1 amide bonds. The molecule has 27 heavy (non-hydrogen) atoms. The molecule has 136 valence electrons. The Morgan fingerprint density at radius 3 is 2.74 bits per heavy atom. The fraction of sp³-hybridized carbons (Fsp3) is 0.200. The third-order valence-corrected chi connectivity index (χ3v) is 4.30. The molecule has 4 rings (SSSR count). The van der Waals surface area contributed by atoms with Gasteiger partial charge in [0.05, 0.1) is 6.54 Å². The van der Waals surface area contributed by atoms with Gasteiger partial charge in [-0.3, -0.25) is 9.36 Å². The van der Waals surface area contributed by atoms with Gasteiger partial charge < -0.3 is 19.2 Å². The maximum atomic E-state index is 12.7. The van der Waals surface area contributed by atoms with Crippen LogP contribution in [0.1, 0.15) is 21.7 Å². The van der Waals surface area contributed by atoms with E-state index in [1.165, 1.54) is 0 Å². The van der Waals surface area contributed by atoms with Crippen molar-refractivity contribution >= 4 is 5.91 Å². The standard InChI is InChI=1S/C20H17N3O4/c1-13-18(15(10-21)20(26-13)23-8-4-5-9-23)19(24)22-11-14-12-25-16-6-2-3-7-17(16)27-14/h2-9,14H,11-12H2,1H3,(H,22,24). The van der Waals surface area contributed by atoms with Crippen molar-refractivity contribution in [2.75, 3.05) is 13.2 Å². The molecule has 1 aromatic carbocycles. The number of furan rings is 1. The third-order valence-electron chi connectivity index (χ3n) is 4.30. The van der Waals surface area contributed by atoms with Crippen LogP contribution in [-0.4, -0.2) is 29.7 Å². The van der Waals surface area contributed by atoms with Crippen molar-refractivity contribution in [3.05, 3.63) is 65.7 Å². The summed E-state index contributed by atoms with van der Waals surface area (Å²) in [5.41, 5.74) is 0.436. The first kappa shape index (κ1) is 16.8. The van der Waals surface area contributed by atoms with Gasteiger partial charge in [-0.15, -0.1) is 0 Å². The van der Waals surface area contributed by atoms with E-state index in [0.717, 1.165) is 0 Å². The highest BCUT2D eigenvalue weighted by Gasteiger charge is 2.26. The molecule has 3 heterocycles. The second kappa shape index (κ2) is 6.92. The summed E-state index contributed by atoms with van der Waals surface area (Å²) in [7, 11) is 0. The smallest absolute Gasteiger partial charge is 0.256 e. The fourth-order valence-corrected chi connectivity index (χ4v) is 3.02. The zero-order chi connectivity index (χ0) is 18.8. The molecule has 1 aliphatic heterocycles. The fourth-order valence-electron chi connectivity index (χ4n) is 3.02. The molecule has 0 saturated carbocycles. The maximum absolute atomic E-state index is 12.7. The molecule has 0 aliphatic carbocycles. The number of nitriles is 1. The Morgan fingerprint density at radius 2 is 2.00 bits per heavy atom. The van der Waals surface area contributed by atoms with Crippen LogP contribution in [0.2, 0.25) is 0 Å². The molecule has 0 bridgehead atoms. The van der Waals surface area contributed by atoms with Crippen molar-refractivity contribution in [2.45, 2.75) is 13.0 Å². The van der Waals surface area contributed by atoms with Gasteiger partial charge in [-0.05, 0) is 31.2 Å². The lowest BCUT2D eigenvalue weighted by Crippen LogP contribution is -2.41. The summed E-state index contributed by atoms with van der Waals surface area (Å²) in [6.45, 7) is 2.25. The largest absolute Gasteiger partial charge is 0.486 e. The van der Waals surface area contributed by atoms with Crippen LogP contribution >= 0.6 is 0 Å². The number of carbonyl (C=O) groups excluding carboxylic acids is 1. The Hall–Kier alpha value is -3.66. The molecule has 0 radical (unpaired) electrons. The number of aryl methyl sites for hydroxylation is 1. The van der Waals surface area contributed by atoms with E-state index in [0.29, 0.717) is 29.8 Å². The number of hydrogen-bond acceptors (Lipinski definition) is 5. The van der Waals surface area contributed by atoms with Crippen LogP contribution in [0.5, 0.6) is 11.5 Å². The summed E-state index contributed by atoms with van der Waals surface area (Å²) in [5, 5.41) is 12.3. The second-order valence-corrected chi connectivity index (χ2v) is 6.12. The van der Waals surface area contributed by atoms with Gasteiger partial charge in [0.15, 0.2) is 11.5 Å². The lowest BCUT2D eigenvalue weighted by Gasteiger charge is -2.26. The highest BCUT2D eigenvalue weighted by Crippen LogP contribution is 2.31. The summed E-state index contributed by atoms with van der Waals surface area (Å²) >= 11 is 0. The van der Waals surface area contributed by atoms with Crippen molar-refractivity contribution in [1.29, 1.82) is 5.26 Å². The van der Waals surface area contributed by atoms with Gasteiger partial charge in [-0.1, -0.05) is 12.1 Å². The van der Waals surface area contributed by atoms with Crippen LogP contribution in [0.15, 0.2) is 53.2 Å². The highest BCUT2D eigenvalue weighted by atomic mass is 16.6. The van der Waals surface area contributed by atoms with Crippen LogP contribution in [0.3, 0.4) is 0 Å². The Bertz CT molecular complexity index is 1010. The number of rotatable bonds is 4. The number of amides is 1. The van der Waals surface area contributed by atoms with Crippen LogP contribution < -0.4 is 14.8 Å². The summed E-state index contributed by atoms with van der Waals surface area (Å²) in [6, 6.07) is 13.1. The van der Waals surface area contributed by atoms with Crippen LogP contribution in [-0.2, 0) is 0 Å². The highest BCUT2D eigenvalue weighted by molar-refractivity contribution is 5.98. The van der Waals surface area contributed by atoms with E-state index < -0.39 is 0 Å². The first-order chi connectivity index (χ1) is 13.2. The Balaban J connectivity index is 1.49. The monoisotopic (exact) mass is 363 g/mol. The quantitative estimate of drug-likeness (QED) is 0.770. The minimum atomic E-state index is -0.381. The van der Waals surface area contributed by atoms with Gasteiger partial charge in [0.1, 0.15) is 35.7 Å². The summed E-state index contributed by atoms with van der Waals surface area (Å²) < 4.78 is 18.8. The van der Waals surface area contributed by atoms with Gasteiger partial charge in [0.2, 0.25) is 5.88 Å².